The summed E-state index contributed by atoms with van der Waals surface area (Å²) in [6, 6.07) is 0. The Hall–Kier alpha value is -1.16. The Bertz CT molecular complexity index is 938. The van der Waals surface area contributed by atoms with Crippen LogP contribution in [0.3, 0.4) is 0 Å². The van der Waals surface area contributed by atoms with Crippen molar-refractivity contribution in [1.82, 2.24) is 0 Å². The Labute approximate surface area is 206 Å². The number of ether oxygens (including phenoxy) is 1. The maximum absolute atomic E-state index is 14.2. The van der Waals surface area contributed by atoms with Crippen LogP contribution in [0.5, 0.6) is 0 Å². The average Bonchev–Trinajstić information content (AvgIpc) is 2.78. The third-order valence-electron chi connectivity index (χ3n) is 12.8. The van der Waals surface area contributed by atoms with Crippen molar-refractivity contribution >= 4 is 11.8 Å². The second-order valence-corrected chi connectivity index (χ2v) is 14.3. The Morgan fingerprint density at radius 2 is 1.68 bits per heavy atom. The lowest BCUT2D eigenvalue weighted by Gasteiger charge is -2.69. The number of ketones is 1. The smallest absolute Gasteiger partial charge is 0.311 e. The number of esters is 1. The van der Waals surface area contributed by atoms with Crippen molar-refractivity contribution in [3.63, 3.8) is 0 Å². The number of fused-ring (bicyclic) bond motifs is 7. The SMILES string of the molecule is COC(=O)[C@@]1(C)CC[C@]2(C)CC[C@]3(C)C(=CC(=O)C4[C@@]5(C)CC[C@H](O)[C@H](C)C5CC[C@]43C)C2C1. The molecule has 0 aromatic carbocycles. The third-order valence-corrected chi connectivity index (χ3v) is 12.8. The predicted molar refractivity (Wildman–Crippen MR) is 133 cm³/mol. The van der Waals surface area contributed by atoms with E-state index in [2.05, 4.69) is 47.6 Å². The van der Waals surface area contributed by atoms with E-state index in [-0.39, 0.29) is 51.5 Å². The number of allylic oxidation sites excluding steroid dienone is 2. The largest absolute Gasteiger partial charge is 0.469 e. The van der Waals surface area contributed by atoms with E-state index in [1.54, 1.807) is 0 Å². The average molecular weight is 471 g/mol. The second kappa shape index (κ2) is 7.43. The number of hydrogen-bond donors (Lipinski definition) is 1. The Morgan fingerprint density at radius 3 is 2.35 bits per heavy atom. The van der Waals surface area contributed by atoms with Gasteiger partial charge in [0, 0.05) is 5.92 Å². The van der Waals surface area contributed by atoms with Crippen LogP contribution in [0.2, 0.25) is 0 Å². The molecule has 1 N–H and O–H groups in total. The highest BCUT2D eigenvalue weighted by Gasteiger charge is 2.69. The van der Waals surface area contributed by atoms with Gasteiger partial charge < -0.3 is 9.84 Å². The first kappa shape index (κ1) is 24.5. The summed E-state index contributed by atoms with van der Waals surface area (Å²) in [4.78, 5) is 27.0. The summed E-state index contributed by atoms with van der Waals surface area (Å²) in [5.74, 6) is 1.15. The topological polar surface area (TPSA) is 63.6 Å². The van der Waals surface area contributed by atoms with Crippen LogP contribution in [0.25, 0.3) is 0 Å². The molecule has 0 spiro atoms. The normalized spacial score (nSPS) is 54.6. The maximum Gasteiger partial charge on any atom is 0.311 e. The third kappa shape index (κ3) is 2.93. The lowest BCUT2D eigenvalue weighted by Crippen LogP contribution is -2.65. The molecule has 0 heterocycles. The molecule has 4 saturated carbocycles. The molecule has 34 heavy (non-hydrogen) atoms. The fourth-order valence-corrected chi connectivity index (χ4v) is 10.2. The number of carbonyl (C=O) groups excluding carboxylic acids is 2. The van der Waals surface area contributed by atoms with Gasteiger partial charge in [0.1, 0.15) is 0 Å². The lowest BCUT2D eigenvalue weighted by atomic mass is 9.34. The van der Waals surface area contributed by atoms with E-state index in [1.165, 1.54) is 12.7 Å². The highest BCUT2D eigenvalue weighted by Crippen LogP contribution is 2.74. The lowest BCUT2D eigenvalue weighted by molar-refractivity contribution is -0.185. The van der Waals surface area contributed by atoms with E-state index in [0.29, 0.717) is 11.7 Å². The minimum atomic E-state index is -0.475. The number of carbonyl (C=O) groups is 2. The van der Waals surface area contributed by atoms with Gasteiger partial charge in [-0.25, -0.2) is 0 Å². The molecule has 4 fully saturated rings. The zero-order valence-electron chi connectivity index (χ0n) is 22.5. The van der Waals surface area contributed by atoms with Crippen LogP contribution in [0.15, 0.2) is 11.6 Å². The summed E-state index contributed by atoms with van der Waals surface area (Å²) >= 11 is 0. The van der Waals surface area contributed by atoms with Crippen LogP contribution in [0.4, 0.5) is 0 Å². The fraction of sp³-hybridized carbons (Fsp3) is 0.867. The number of hydrogen-bond acceptors (Lipinski definition) is 4. The van der Waals surface area contributed by atoms with Crippen LogP contribution in [0, 0.1) is 50.7 Å². The van der Waals surface area contributed by atoms with Crippen molar-refractivity contribution in [3.8, 4) is 0 Å². The van der Waals surface area contributed by atoms with Crippen molar-refractivity contribution in [2.45, 2.75) is 105 Å². The number of methoxy groups -OCH3 is 1. The molecule has 4 nitrogen and oxygen atoms in total. The Morgan fingerprint density at radius 1 is 1.00 bits per heavy atom. The zero-order valence-corrected chi connectivity index (χ0v) is 22.5. The zero-order chi connectivity index (χ0) is 24.9. The first-order valence-corrected chi connectivity index (χ1v) is 13.8. The number of aliphatic hydroxyl groups excluding tert-OH is 1. The van der Waals surface area contributed by atoms with Gasteiger partial charge in [-0.2, -0.15) is 0 Å². The Kier molecular flexibility index (Phi) is 5.36. The van der Waals surface area contributed by atoms with Gasteiger partial charge in [0.05, 0.1) is 18.6 Å². The molecule has 5 aliphatic carbocycles. The summed E-state index contributed by atoms with van der Waals surface area (Å²) in [7, 11) is 1.50. The quantitative estimate of drug-likeness (QED) is 0.470. The van der Waals surface area contributed by atoms with Crippen LogP contribution in [-0.4, -0.2) is 30.1 Å². The molecule has 0 amide bonds. The molecular weight excluding hydrogens is 424 g/mol. The van der Waals surface area contributed by atoms with Gasteiger partial charge in [0.25, 0.3) is 0 Å². The van der Waals surface area contributed by atoms with E-state index < -0.39 is 5.41 Å². The van der Waals surface area contributed by atoms with Gasteiger partial charge in [-0.3, -0.25) is 9.59 Å². The molecule has 5 aliphatic rings. The van der Waals surface area contributed by atoms with Crippen molar-refractivity contribution in [2.24, 2.45) is 50.7 Å². The van der Waals surface area contributed by atoms with Gasteiger partial charge in [0.2, 0.25) is 0 Å². The summed E-state index contributed by atoms with van der Waals surface area (Å²) in [5.41, 5.74) is 0.844. The van der Waals surface area contributed by atoms with Gasteiger partial charge >= 0.3 is 5.97 Å². The van der Waals surface area contributed by atoms with Crippen molar-refractivity contribution < 1.29 is 19.4 Å². The van der Waals surface area contributed by atoms with Crippen LogP contribution in [0.1, 0.15) is 99.3 Å². The van der Waals surface area contributed by atoms with Gasteiger partial charge in [-0.05, 0) is 110 Å². The van der Waals surface area contributed by atoms with Crippen LogP contribution < -0.4 is 0 Å². The summed E-state index contributed by atoms with van der Waals surface area (Å²) in [6.45, 7) is 13.9. The van der Waals surface area contributed by atoms with E-state index >= 15 is 0 Å². The molecule has 0 bridgehead atoms. The van der Waals surface area contributed by atoms with E-state index in [9.17, 15) is 14.7 Å². The molecule has 4 heteroatoms. The molecule has 10 atom stereocenters. The number of rotatable bonds is 1. The molecule has 0 aliphatic heterocycles. The van der Waals surface area contributed by atoms with Crippen molar-refractivity contribution in [3.05, 3.63) is 11.6 Å². The summed E-state index contributed by atoms with van der Waals surface area (Å²) < 4.78 is 5.24. The molecule has 0 saturated heterocycles. The minimum Gasteiger partial charge on any atom is -0.469 e. The predicted octanol–water partition coefficient (Wildman–Crippen LogP) is 6.11. The van der Waals surface area contributed by atoms with Crippen molar-refractivity contribution in [2.75, 3.05) is 7.11 Å². The molecule has 3 unspecified atom stereocenters. The first-order chi connectivity index (χ1) is 15.8. The summed E-state index contributed by atoms with van der Waals surface area (Å²) in [5, 5.41) is 10.6. The maximum atomic E-state index is 14.2. The van der Waals surface area contributed by atoms with Crippen LogP contribution >= 0.6 is 0 Å². The molecular formula is C30H46O4. The molecule has 5 rings (SSSR count). The Balaban J connectivity index is 1.60. The van der Waals surface area contributed by atoms with E-state index in [0.717, 1.165) is 57.8 Å². The molecule has 0 aromatic rings. The molecule has 190 valence electrons. The first-order valence-electron chi connectivity index (χ1n) is 13.8. The molecule has 0 aromatic heterocycles. The fourth-order valence-electron chi connectivity index (χ4n) is 10.2. The van der Waals surface area contributed by atoms with E-state index in [4.69, 9.17) is 4.74 Å². The van der Waals surface area contributed by atoms with Gasteiger partial charge in [-0.15, -0.1) is 0 Å². The second-order valence-electron chi connectivity index (χ2n) is 14.3. The summed E-state index contributed by atoms with van der Waals surface area (Å²) in [6.07, 6.45) is 10.7. The van der Waals surface area contributed by atoms with Gasteiger partial charge in [0.15, 0.2) is 5.78 Å². The highest BCUT2D eigenvalue weighted by molar-refractivity contribution is 5.95. The number of aliphatic hydroxyl groups is 1. The monoisotopic (exact) mass is 470 g/mol. The molecule has 0 radical (unpaired) electrons. The highest BCUT2D eigenvalue weighted by atomic mass is 16.5. The minimum absolute atomic E-state index is 0.0161. The van der Waals surface area contributed by atoms with Gasteiger partial charge in [-0.1, -0.05) is 40.2 Å². The van der Waals surface area contributed by atoms with Crippen molar-refractivity contribution in [1.29, 1.82) is 0 Å². The standard InChI is InChI=1S/C30H46O4/c1-18-19-8-11-30(6)24(28(19,4)10-9-22(18)31)23(32)16-20-21-17-27(3,25(33)34-7)13-12-26(21,2)14-15-29(20,30)5/h16,18-19,21-22,24,31H,8-15,17H2,1-7H3/t18-,19?,21?,22+,24?,26-,27+,28+,29-,30-/m1/s1. The van der Waals surface area contributed by atoms with E-state index in [1.807, 2.05) is 0 Å². The van der Waals surface area contributed by atoms with Crippen LogP contribution in [-0.2, 0) is 14.3 Å².